The van der Waals surface area contributed by atoms with Crippen molar-refractivity contribution < 1.29 is 0 Å². The molecule has 0 fully saturated rings. The highest BCUT2D eigenvalue weighted by Crippen LogP contribution is 2.20. The Morgan fingerprint density at radius 1 is 0.550 bits per heavy atom. The molecule has 0 radical (unpaired) electrons. The molecule has 0 bridgehead atoms. The number of hydrogen-bond donors (Lipinski definition) is 0. The topological polar surface area (TPSA) is 0 Å². The van der Waals surface area contributed by atoms with Gasteiger partial charge in [-0.3, -0.25) is 0 Å². The van der Waals surface area contributed by atoms with Gasteiger partial charge in [0, 0.05) is 0 Å². The summed E-state index contributed by atoms with van der Waals surface area (Å²) < 4.78 is 0. The van der Waals surface area contributed by atoms with Crippen LogP contribution in [0.5, 0.6) is 0 Å². The second kappa shape index (κ2) is 6.38. The highest BCUT2D eigenvalue weighted by molar-refractivity contribution is 5.85. The molecule has 0 N–H and O–H groups in total. The van der Waals surface area contributed by atoms with Crippen LogP contribution in [0.1, 0.15) is 24.0 Å². The molecule has 0 unspecified atom stereocenters. The average molecular weight is 260 g/mol. The van der Waals surface area contributed by atoms with Crippen LogP contribution in [0.2, 0.25) is 0 Å². The lowest BCUT2D eigenvalue weighted by Gasteiger charge is -2.06. The van der Waals surface area contributed by atoms with Crippen molar-refractivity contribution in [1.29, 1.82) is 0 Å². The molecule has 0 aliphatic carbocycles. The summed E-state index contributed by atoms with van der Waals surface area (Å²) in [4.78, 5) is 0. The first kappa shape index (κ1) is 12.9. The van der Waals surface area contributed by atoms with Crippen molar-refractivity contribution in [1.82, 2.24) is 0 Å². The summed E-state index contributed by atoms with van der Waals surface area (Å²) in [5.41, 5.74) is 2.93. The highest BCUT2D eigenvalue weighted by atomic mass is 14.0. The van der Waals surface area contributed by atoms with Gasteiger partial charge in [-0.15, -0.1) is 0 Å². The van der Waals surface area contributed by atoms with E-state index in [1.807, 2.05) is 0 Å². The Labute approximate surface area is 121 Å². The molecule has 0 saturated heterocycles. The van der Waals surface area contributed by atoms with Gasteiger partial charge in [0.25, 0.3) is 0 Å². The molecule has 100 valence electrons. The summed E-state index contributed by atoms with van der Waals surface area (Å²) in [7, 11) is 0. The van der Waals surface area contributed by atoms with Crippen LogP contribution in [0.3, 0.4) is 0 Å². The molecule has 0 heterocycles. The molecule has 3 rings (SSSR count). The van der Waals surface area contributed by atoms with Gasteiger partial charge in [0.2, 0.25) is 0 Å². The zero-order valence-electron chi connectivity index (χ0n) is 11.8. The third-order valence-corrected chi connectivity index (χ3v) is 3.88. The van der Waals surface area contributed by atoms with Crippen LogP contribution in [0, 0.1) is 0 Å². The van der Waals surface area contributed by atoms with Crippen LogP contribution in [-0.2, 0) is 12.8 Å². The maximum Gasteiger partial charge on any atom is -0.0152 e. The lowest BCUT2D eigenvalue weighted by molar-refractivity contribution is 0.737. The SMILES string of the molecule is c1ccc(CCCCc2cccc3ccccc23)cc1. The van der Waals surface area contributed by atoms with E-state index in [2.05, 4.69) is 72.8 Å². The Morgan fingerprint density at radius 2 is 1.25 bits per heavy atom. The van der Waals surface area contributed by atoms with Gasteiger partial charge >= 0.3 is 0 Å². The van der Waals surface area contributed by atoms with Crippen molar-refractivity contribution in [3.05, 3.63) is 83.9 Å². The van der Waals surface area contributed by atoms with Gasteiger partial charge < -0.3 is 0 Å². The quantitative estimate of drug-likeness (QED) is 0.538. The summed E-state index contributed by atoms with van der Waals surface area (Å²) in [6.45, 7) is 0. The monoisotopic (exact) mass is 260 g/mol. The number of hydrogen-bond acceptors (Lipinski definition) is 0. The molecule has 0 atom stereocenters. The first-order chi connectivity index (χ1) is 9.93. The standard InChI is InChI=1S/C20H20/c1-2-9-17(10-3-1)11-4-5-12-18-14-8-15-19-13-6-7-16-20(18)19/h1-3,6-10,13-16H,4-5,11-12H2. The van der Waals surface area contributed by atoms with E-state index in [1.165, 1.54) is 47.6 Å². The Morgan fingerprint density at radius 3 is 2.15 bits per heavy atom. The predicted molar refractivity (Wildman–Crippen MR) is 87.0 cm³/mol. The molecule has 0 aliphatic rings. The maximum absolute atomic E-state index is 2.27. The molecule has 0 nitrogen and oxygen atoms in total. The molecule has 0 aromatic heterocycles. The van der Waals surface area contributed by atoms with E-state index in [1.54, 1.807) is 0 Å². The zero-order chi connectivity index (χ0) is 13.6. The first-order valence-electron chi connectivity index (χ1n) is 7.44. The smallest absolute Gasteiger partial charge is 0.0152 e. The molecular formula is C20H20. The Balaban J connectivity index is 1.60. The van der Waals surface area contributed by atoms with E-state index in [0.29, 0.717) is 0 Å². The molecule has 3 aromatic rings. The van der Waals surface area contributed by atoms with Crippen LogP contribution >= 0.6 is 0 Å². The van der Waals surface area contributed by atoms with Crippen molar-refractivity contribution >= 4 is 10.8 Å². The van der Waals surface area contributed by atoms with E-state index in [9.17, 15) is 0 Å². The van der Waals surface area contributed by atoms with E-state index < -0.39 is 0 Å². The fourth-order valence-corrected chi connectivity index (χ4v) is 2.80. The van der Waals surface area contributed by atoms with Gasteiger partial charge in [0.05, 0.1) is 0 Å². The predicted octanol–water partition coefficient (Wildman–Crippen LogP) is 5.41. The fraction of sp³-hybridized carbons (Fsp3) is 0.200. The van der Waals surface area contributed by atoms with Crippen molar-refractivity contribution in [2.45, 2.75) is 25.7 Å². The number of rotatable bonds is 5. The molecular weight excluding hydrogens is 240 g/mol. The van der Waals surface area contributed by atoms with E-state index in [4.69, 9.17) is 0 Å². The van der Waals surface area contributed by atoms with Gasteiger partial charge in [-0.1, -0.05) is 72.8 Å². The van der Waals surface area contributed by atoms with Crippen molar-refractivity contribution in [3.63, 3.8) is 0 Å². The minimum atomic E-state index is 1.17. The molecule has 0 heteroatoms. The highest BCUT2D eigenvalue weighted by Gasteiger charge is 2.00. The molecule has 0 saturated carbocycles. The average Bonchev–Trinajstić information content (AvgIpc) is 2.53. The van der Waals surface area contributed by atoms with Crippen LogP contribution < -0.4 is 0 Å². The van der Waals surface area contributed by atoms with Crippen LogP contribution in [0.25, 0.3) is 10.8 Å². The number of unbranched alkanes of at least 4 members (excludes halogenated alkanes) is 1. The van der Waals surface area contributed by atoms with Gasteiger partial charge in [0.15, 0.2) is 0 Å². The lowest BCUT2D eigenvalue weighted by Crippen LogP contribution is -1.90. The van der Waals surface area contributed by atoms with Crippen molar-refractivity contribution in [2.75, 3.05) is 0 Å². The van der Waals surface area contributed by atoms with Crippen LogP contribution in [0.15, 0.2) is 72.8 Å². The minimum absolute atomic E-state index is 1.17. The van der Waals surface area contributed by atoms with Gasteiger partial charge in [0.1, 0.15) is 0 Å². The van der Waals surface area contributed by atoms with Crippen molar-refractivity contribution in [2.24, 2.45) is 0 Å². The summed E-state index contributed by atoms with van der Waals surface area (Å²) in [5.74, 6) is 0. The summed E-state index contributed by atoms with van der Waals surface area (Å²) in [5, 5.41) is 2.77. The zero-order valence-corrected chi connectivity index (χ0v) is 11.8. The van der Waals surface area contributed by atoms with Gasteiger partial charge in [-0.25, -0.2) is 0 Å². The summed E-state index contributed by atoms with van der Waals surface area (Å²) in [6, 6.07) is 26.1. The Kier molecular flexibility index (Phi) is 4.13. The molecule has 0 spiro atoms. The fourth-order valence-electron chi connectivity index (χ4n) is 2.80. The molecule has 0 aliphatic heterocycles. The first-order valence-corrected chi connectivity index (χ1v) is 7.44. The largest absolute Gasteiger partial charge is 0.0622 e. The van der Waals surface area contributed by atoms with Crippen LogP contribution in [-0.4, -0.2) is 0 Å². The number of aryl methyl sites for hydroxylation is 2. The van der Waals surface area contributed by atoms with Crippen LogP contribution in [0.4, 0.5) is 0 Å². The van der Waals surface area contributed by atoms with Crippen molar-refractivity contribution in [3.8, 4) is 0 Å². The third-order valence-electron chi connectivity index (χ3n) is 3.88. The normalized spacial score (nSPS) is 10.8. The van der Waals surface area contributed by atoms with Gasteiger partial charge in [-0.2, -0.15) is 0 Å². The second-order valence-corrected chi connectivity index (χ2v) is 5.33. The third kappa shape index (κ3) is 3.08. The minimum Gasteiger partial charge on any atom is -0.0622 e. The van der Waals surface area contributed by atoms with E-state index in [0.717, 1.165) is 0 Å². The molecule has 0 amide bonds. The Bertz CT molecular complexity index is 662. The van der Waals surface area contributed by atoms with E-state index in [-0.39, 0.29) is 0 Å². The summed E-state index contributed by atoms with van der Waals surface area (Å²) >= 11 is 0. The second-order valence-electron chi connectivity index (χ2n) is 5.33. The molecule has 3 aromatic carbocycles. The number of fused-ring (bicyclic) bond motifs is 1. The van der Waals surface area contributed by atoms with E-state index >= 15 is 0 Å². The maximum atomic E-state index is 2.27. The van der Waals surface area contributed by atoms with Gasteiger partial charge in [-0.05, 0) is 47.6 Å². The number of benzene rings is 3. The Hall–Kier alpha value is -2.08. The lowest BCUT2D eigenvalue weighted by atomic mass is 9.99. The molecule has 20 heavy (non-hydrogen) atoms. The summed E-state index contributed by atoms with van der Waals surface area (Å²) in [6.07, 6.45) is 4.87.